The lowest BCUT2D eigenvalue weighted by Gasteiger charge is -2.43. The van der Waals surface area contributed by atoms with Crippen LogP contribution in [0.2, 0.25) is 5.02 Å². The number of carbonyl (C=O) groups is 1. The number of anilines is 1. The third-order valence-corrected chi connectivity index (χ3v) is 6.91. The van der Waals surface area contributed by atoms with Crippen LogP contribution in [-0.2, 0) is 4.79 Å². The first-order chi connectivity index (χ1) is 15.8. The molecular formula is C24H31ClFN5O2. The second-order valence-electron chi connectivity index (χ2n) is 9.27. The number of hydrogen-bond donors (Lipinski definition) is 2. The molecule has 2 N–H and O–H groups in total. The Morgan fingerprint density at radius 2 is 1.97 bits per heavy atom. The number of nitrogens with one attached hydrogen (secondary N) is 1. The van der Waals surface area contributed by atoms with Crippen LogP contribution in [0.5, 0.6) is 0 Å². The smallest absolute Gasteiger partial charge is 0.142 e. The van der Waals surface area contributed by atoms with Crippen LogP contribution in [0.1, 0.15) is 62.0 Å². The lowest BCUT2D eigenvalue weighted by atomic mass is 9.95. The molecular weight excluding hydrogens is 445 g/mol. The van der Waals surface area contributed by atoms with Crippen molar-refractivity contribution in [2.24, 2.45) is 0 Å². The zero-order valence-electron chi connectivity index (χ0n) is 19.2. The average molecular weight is 476 g/mol. The third kappa shape index (κ3) is 4.89. The molecule has 4 atom stereocenters. The zero-order valence-corrected chi connectivity index (χ0v) is 20.0. The second kappa shape index (κ2) is 10.0. The molecule has 7 nitrogen and oxygen atoms in total. The molecule has 1 aromatic carbocycles. The Hall–Kier alpha value is -2.13. The monoisotopic (exact) mass is 475 g/mol. The van der Waals surface area contributed by atoms with Crippen LogP contribution in [0, 0.1) is 5.82 Å². The van der Waals surface area contributed by atoms with Crippen LogP contribution in [0.4, 0.5) is 10.2 Å². The lowest BCUT2D eigenvalue weighted by Crippen LogP contribution is -2.58. The number of nitrogens with zero attached hydrogens (tertiary/aromatic N) is 4. The molecule has 1 aliphatic carbocycles. The summed E-state index contributed by atoms with van der Waals surface area (Å²) in [6.45, 7) is 9.03. The van der Waals surface area contributed by atoms with E-state index in [1.54, 1.807) is 6.07 Å². The van der Waals surface area contributed by atoms with Crippen molar-refractivity contribution in [2.45, 2.75) is 57.3 Å². The summed E-state index contributed by atoms with van der Waals surface area (Å²) in [5, 5.41) is 13.9. The van der Waals surface area contributed by atoms with E-state index in [1.165, 1.54) is 18.5 Å². The molecule has 9 heteroatoms. The van der Waals surface area contributed by atoms with E-state index >= 15 is 0 Å². The number of carbonyl (C=O) groups excluding carboxylic acids is 1. The van der Waals surface area contributed by atoms with Gasteiger partial charge in [0, 0.05) is 37.8 Å². The van der Waals surface area contributed by atoms with E-state index in [4.69, 9.17) is 11.6 Å². The highest BCUT2D eigenvalue weighted by Crippen LogP contribution is 2.42. The first kappa shape index (κ1) is 24.0. The number of aliphatic hydroxyl groups excluding tert-OH is 1. The largest absolute Gasteiger partial charge is 0.387 e. The standard InChI is InChI=1S/C24H31ClFN5O2/c1-14(2)29-23(17(12-32)16-4-5-18(25)19(26)11-16)30-6-8-31(9-7-30)24-21-15(3)10-20(33)22(21)27-13-28-24/h4-5,11-15,17,20,23,29,33H,6-10H2,1-3H3/t15-,17?,20-,23?/m1/s1. The van der Waals surface area contributed by atoms with E-state index in [0.29, 0.717) is 25.1 Å². The molecule has 0 bridgehead atoms. The molecule has 0 saturated carbocycles. The average Bonchev–Trinajstić information content (AvgIpc) is 3.09. The minimum Gasteiger partial charge on any atom is -0.387 e. The summed E-state index contributed by atoms with van der Waals surface area (Å²) >= 11 is 5.85. The van der Waals surface area contributed by atoms with Gasteiger partial charge in [-0.05, 0) is 43.9 Å². The topological polar surface area (TPSA) is 81.6 Å². The van der Waals surface area contributed by atoms with Gasteiger partial charge in [0.2, 0.25) is 0 Å². The zero-order chi connectivity index (χ0) is 23.7. The number of rotatable bonds is 7. The van der Waals surface area contributed by atoms with Crippen LogP contribution in [0.25, 0.3) is 0 Å². The van der Waals surface area contributed by atoms with Gasteiger partial charge in [0.15, 0.2) is 0 Å². The number of fused-ring (bicyclic) bond motifs is 1. The normalized spacial score (nSPS) is 22.9. The molecule has 0 spiro atoms. The van der Waals surface area contributed by atoms with Gasteiger partial charge in [0.05, 0.1) is 28.9 Å². The summed E-state index contributed by atoms with van der Waals surface area (Å²) in [6, 6.07) is 4.70. The van der Waals surface area contributed by atoms with Crippen LogP contribution < -0.4 is 10.2 Å². The van der Waals surface area contributed by atoms with Crippen LogP contribution in [0.3, 0.4) is 0 Å². The summed E-state index contributed by atoms with van der Waals surface area (Å²) in [5.74, 6) is 0.0369. The molecule has 178 valence electrons. The Kier molecular flexibility index (Phi) is 7.28. The van der Waals surface area contributed by atoms with Gasteiger partial charge in [-0.2, -0.15) is 0 Å². The number of aliphatic hydroxyl groups is 1. The van der Waals surface area contributed by atoms with E-state index in [-0.39, 0.29) is 23.1 Å². The Balaban J connectivity index is 1.54. The van der Waals surface area contributed by atoms with E-state index in [0.717, 1.165) is 36.5 Å². The predicted molar refractivity (Wildman–Crippen MR) is 126 cm³/mol. The van der Waals surface area contributed by atoms with Gasteiger partial charge in [-0.15, -0.1) is 0 Å². The predicted octanol–water partition coefficient (Wildman–Crippen LogP) is 3.24. The molecule has 2 aliphatic rings. The van der Waals surface area contributed by atoms with Crippen molar-refractivity contribution < 1.29 is 14.3 Å². The Morgan fingerprint density at radius 3 is 2.61 bits per heavy atom. The Bertz CT molecular complexity index is 999. The number of aldehydes is 1. The molecule has 33 heavy (non-hydrogen) atoms. The van der Waals surface area contributed by atoms with Crippen molar-refractivity contribution in [1.82, 2.24) is 20.2 Å². The summed E-state index contributed by atoms with van der Waals surface area (Å²) in [4.78, 5) is 25.5. The first-order valence-corrected chi connectivity index (χ1v) is 11.9. The summed E-state index contributed by atoms with van der Waals surface area (Å²) in [6.07, 6.45) is 2.27. The minimum absolute atomic E-state index is 0.0436. The highest BCUT2D eigenvalue weighted by Gasteiger charge is 2.36. The van der Waals surface area contributed by atoms with Crippen LogP contribution in [0.15, 0.2) is 24.5 Å². The molecule has 1 fully saturated rings. The number of aromatic nitrogens is 2. The van der Waals surface area contributed by atoms with Crippen molar-refractivity contribution in [3.05, 3.63) is 52.2 Å². The molecule has 1 aliphatic heterocycles. The number of halogens is 2. The maximum Gasteiger partial charge on any atom is 0.142 e. The van der Waals surface area contributed by atoms with Gasteiger partial charge in [-0.25, -0.2) is 14.4 Å². The minimum atomic E-state index is -0.538. The van der Waals surface area contributed by atoms with Crippen LogP contribution >= 0.6 is 11.6 Å². The molecule has 2 aromatic rings. The molecule has 1 saturated heterocycles. The maximum absolute atomic E-state index is 14.1. The van der Waals surface area contributed by atoms with Crippen molar-refractivity contribution in [3.8, 4) is 0 Å². The molecule has 1 aromatic heterocycles. The van der Waals surface area contributed by atoms with Crippen molar-refractivity contribution in [2.75, 3.05) is 31.1 Å². The van der Waals surface area contributed by atoms with Crippen molar-refractivity contribution >= 4 is 23.7 Å². The fraction of sp³-hybridized carbons (Fsp3) is 0.542. The van der Waals surface area contributed by atoms with Gasteiger partial charge in [0.25, 0.3) is 0 Å². The van der Waals surface area contributed by atoms with Gasteiger partial charge in [0.1, 0.15) is 24.2 Å². The molecule has 0 amide bonds. The van der Waals surface area contributed by atoms with Gasteiger partial charge >= 0.3 is 0 Å². The molecule has 2 heterocycles. The van der Waals surface area contributed by atoms with E-state index < -0.39 is 17.8 Å². The summed E-state index contributed by atoms with van der Waals surface area (Å²) in [7, 11) is 0. The fourth-order valence-corrected chi connectivity index (χ4v) is 5.12. The SMILES string of the molecule is CC(C)NC(C(C=O)c1ccc(Cl)c(F)c1)N1CCN(c2ncnc3c2[C@H](C)C[C@H]3O)CC1. The molecule has 0 radical (unpaired) electrons. The maximum atomic E-state index is 14.1. The van der Waals surface area contributed by atoms with E-state index in [9.17, 15) is 14.3 Å². The third-order valence-electron chi connectivity index (χ3n) is 6.61. The second-order valence-corrected chi connectivity index (χ2v) is 9.68. The lowest BCUT2D eigenvalue weighted by molar-refractivity contribution is -0.111. The van der Waals surface area contributed by atoms with Crippen molar-refractivity contribution in [3.63, 3.8) is 0 Å². The number of benzene rings is 1. The number of hydrogen-bond acceptors (Lipinski definition) is 7. The van der Waals surface area contributed by atoms with Crippen LogP contribution in [-0.4, -0.2) is 64.6 Å². The summed E-state index contributed by atoms with van der Waals surface area (Å²) in [5.41, 5.74) is 2.38. The molecule has 2 unspecified atom stereocenters. The highest BCUT2D eigenvalue weighted by atomic mass is 35.5. The number of piperazine rings is 1. The Morgan fingerprint density at radius 1 is 1.24 bits per heavy atom. The van der Waals surface area contributed by atoms with E-state index in [2.05, 4.69) is 32.0 Å². The van der Waals surface area contributed by atoms with E-state index in [1.807, 2.05) is 13.8 Å². The van der Waals surface area contributed by atoms with Gasteiger partial charge in [-0.1, -0.05) is 24.6 Å². The summed E-state index contributed by atoms with van der Waals surface area (Å²) < 4.78 is 14.1. The Labute approximate surface area is 199 Å². The van der Waals surface area contributed by atoms with Gasteiger partial charge < -0.3 is 14.8 Å². The fourth-order valence-electron chi connectivity index (χ4n) is 5.00. The van der Waals surface area contributed by atoms with Crippen molar-refractivity contribution in [1.29, 1.82) is 0 Å². The molecule has 4 rings (SSSR count). The highest BCUT2D eigenvalue weighted by molar-refractivity contribution is 6.30. The first-order valence-electron chi connectivity index (χ1n) is 11.5. The van der Waals surface area contributed by atoms with Gasteiger partial charge in [-0.3, -0.25) is 10.2 Å². The quantitative estimate of drug-likeness (QED) is 0.595.